The molecule has 1 fully saturated rings. The van der Waals surface area contributed by atoms with Crippen LogP contribution >= 0.6 is 0 Å². The molecule has 0 bridgehead atoms. The van der Waals surface area contributed by atoms with Crippen molar-refractivity contribution >= 4 is 37.8 Å². The minimum absolute atomic E-state index is 0.0531. The summed E-state index contributed by atoms with van der Waals surface area (Å²) in [5, 5.41) is 15.2. The molecule has 0 radical (unpaired) electrons. The lowest BCUT2D eigenvalue weighted by atomic mass is 10.1. The fourth-order valence-corrected chi connectivity index (χ4v) is 4.67. The average Bonchev–Trinajstić information content (AvgIpc) is 3.39. The lowest BCUT2D eigenvalue weighted by Gasteiger charge is -2.34. The standard InChI is InChI=1S/C20H22N6O4S/c1-12-11-30-6-5-25(12)19-16-9-22-26(31(2,28)29)20(16)24-18(23-19)15-7-13(10-27)8-17-14(15)3-4-21-17/h3-4,7-9,12,21,27H,5-6,10-11H2,1-2H3/t12-/m1/s1. The van der Waals surface area contributed by atoms with Crippen molar-refractivity contribution in [3.05, 3.63) is 36.2 Å². The molecular formula is C20H22N6O4S. The minimum atomic E-state index is -3.66. The first-order valence-corrected chi connectivity index (χ1v) is 11.7. The molecule has 162 valence electrons. The Morgan fingerprint density at radius 1 is 1.29 bits per heavy atom. The molecule has 1 saturated heterocycles. The van der Waals surface area contributed by atoms with Gasteiger partial charge < -0.3 is 19.7 Å². The van der Waals surface area contributed by atoms with Crippen molar-refractivity contribution in [2.75, 3.05) is 30.9 Å². The summed E-state index contributed by atoms with van der Waals surface area (Å²) < 4.78 is 31.2. The van der Waals surface area contributed by atoms with Gasteiger partial charge in [0.1, 0.15) is 5.82 Å². The molecule has 0 saturated carbocycles. The molecule has 1 aromatic carbocycles. The Morgan fingerprint density at radius 3 is 2.87 bits per heavy atom. The van der Waals surface area contributed by atoms with Gasteiger partial charge in [-0.1, -0.05) is 0 Å². The Bertz CT molecular complexity index is 1390. The molecule has 2 N–H and O–H groups in total. The number of H-pyrrole nitrogens is 1. The molecule has 10 nitrogen and oxygen atoms in total. The zero-order chi connectivity index (χ0) is 21.8. The summed E-state index contributed by atoms with van der Waals surface area (Å²) in [5.41, 5.74) is 2.46. The smallest absolute Gasteiger partial charge is 0.252 e. The normalized spacial score (nSPS) is 17.6. The third-order valence-electron chi connectivity index (χ3n) is 5.48. The molecule has 4 heterocycles. The third-order valence-corrected chi connectivity index (χ3v) is 6.38. The number of anilines is 1. The molecule has 3 aromatic heterocycles. The number of nitrogens with zero attached hydrogens (tertiary/aromatic N) is 5. The first kappa shape index (κ1) is 19.9. The van der Waals surface area contributed by atoms with Crippen molar-refractivity contribution < 1.29 is 18.3 Å². The second kappa shape index (κ2) is 7.29. The van der Waals surface area contributed by atoms with Gasteiger partial charge in [-0.15, -0.1) is 4.09 Å². The van der Waals surface area contributed by atoms with Crippen LogP contribution in [0.15, 0.2) is 30.6 Å². The zero-order valence-electron chi connectivity index (χ0n) is 17.1. The van der Waals surface area contributed by atoms with Crippen LogP contribution in [0, 0.1) is 0 Å². The fraction of sp³-hybridized carbons (Fsp3) is 0.350. The fourth-order valence-electron chi connectivity index (χ4n) is 4.00. The van der Waals surface area contributed by atoms with E-state index in [4.69, 9.17) is 9.72 Å². The van der Waals surface area contributed by atoms with E-state index >= 15 is 0 Å². The van der Waals surface area contributed by atoms with E-state index in [0.29, 0.717) is 47.9 Å². The Morgan fingerprint density at radius 2 is 2.13 bits per heavy atom. The number of rotatable bonds is 4. The van der Waals surface area contributed by atoms with Crippen LogP contribution in [0.4, 0.5) is 5.82 Å². The van der Waals surface area contributed by atoms with E-state index in [9.17, 15) is 13.5 Å². The molecule has 11 heteroatoms. The first-order chi connectivity index (χ1) is 14.9. The van der Waals surface area contributed by atoms with E-state index in [-0.39, 0.29) is 18.3 Å². The van der Waals surface area contributed by atoms with Crippen molar-refractivity contribution in [1.29, 1.82) is 0 Å². The number of fused-ring (bicyclic) bond motifs is 2. The van der Waals surface area contributed by atoms with E-state index < -0.39 is 10.0 Å². The molecule has 1 aliphatic heterocycles. The number of ether oxygens (including phenoxy) is 1. The molecule has 4 aromatic rings. The number of morpholine rings is 1. The Balaban J connectivity index is 1.83. The van der Waals surface area contributed by atoms with Gasteiger partial charge in [-0.05, 0) is 30.7 Å². The van der Waals surface area contributed by atoms with Crippen molar-refractivity contribution in [3.8, 4) is 11.4 Å². The van der Waals surface area contributed by atoms with E-state index in [1.165, 1.54) is 6.20 Å². The molecule has 5 rings (SSSR count). The van der Waals surface area contributed by atoms with Crippen molar-refractivity contribution in [2.24, 2.45) is 0 Å². The molecule has 0 amide bonds. The van der Waals surface area contributed by atoms with Crippen LogP contribution in [-0.2, 0) is 21.4 Å². The molecule has 1 aliphatic rings. The third kappa shape index (κ3) is 3.34. The first-order valence-electron chi connectivity index (χ1n) is 9.89. The maximum Gasteiger partial charge on any atom is 0.252 e. The van der Waals surface area contributed by atoms with Crippen LogP contribution in [-0.4, -0.2) is 69.7 Å². The topological polar surface area (TPSA) is 126 Å². The summed E-state index contributed by atoms with van der Waals surface area (Å²) >= 11 is 0. The predicted molar refractivity (Wildman–Crippen MR) is 116 cm³/mol. The van der Waals surface area contributed by atoms with Gasteiger partial charge in [0.15, 0.2) is 11.5 Å². The van der Waals surface area contributed by atoms with Gasteiger partial charge in [-0.25, -0.2) is 18.4 Å². The van der Waals surface area contributed by atoms with Crippen molar-refractivity contribution in [2.45, 2.75) is 19.6 Å². The van der Waals surface area contributed by atoms with Gasteiger partial charge >= 0.3 is 0 Å². The summed E-state index contributed by atoms with van der Waals surface area (Å²) in [6.07, 6.45) is 4.39. The summed E-state index contributed by atoms with van der Waals surface area (Å²) in [5.74, 6) is 0.982. The minimum Gasteiger partial charge on any atom is -0.392 e. The predicted octanol–water partition coefficient (Wildman–Crippen LogP) is 1.50. The lowest BCUT2D eigenvalue weighted by molar-refractivity contribution is 0.0987. The molecule has 1 atom stereocenters. The maximum absolute atomic E-state index is 12.3. The number of nitrogens with one attached hydrogen (secondary N) is 1. The average molecular weight is 443 g/mol. The van der Waals surface area contributed by atoms with E-state index in [0.717, 1.165) is 21.2 Å². The van der Waals surface area contributed by atoms with E-state index in [1.54, 1.807) is 6.20 Å². The highest BCUT2D eigenvalue weighted by Gasteiger charge is 2.27. The van der Waals surface area contributed by atoms with Gasteiger partial charge in [0.25, 0.3) is 10.0 Å². The Kier molecular flexibility index (Phi) is 4.68. The van der Waals surface area contributed by atoms with Gasteiger partial charge in [0, 0.05) is 29.2 Å². The van der Waals surface area contributed by atoms with Crippen molar-refractivity contribution in [1.82, 2.24) is 24.1 Å². The van der Waals surface area contributed by atoms with Crippen molar-refractivity contribution in [3.63, 3.8) is 0 Å². The van der Waals surface area contributed by atoms with Crippen LogP contribution in [0.3, 0.4) is 0 Å². The number of hydrogen-bond donors (Lipinski definition) is 2. The van der Waals surface area contributed by atoms with Gasteiger partial charge in [-0.3, -0.25) is 0 Å². The highest BCUT2D eigenvalue weighted by atomic mass is 32.2. The summed E-state index contributed by atoms with van der Waals surface area (Å²) in [6.45, 7) is 3.60. The summed E-state index contributed by atoms with van der Waals surface area (Å²) in [7, 11) is -3.66. The quantitative estimate of drug-likeness (QED) is 0.487. The van der Waals surface area contributed by atoms with Crippen LogP contribution in [0.1, 0.15) is 12.5 Å². The Labute approximate surface area is 178 Å². The van der Waals surface area contributed by atoms with E-state index in [2.05, 4.69) is 20.0 Å². The molecule has 0 unspecified atom stereocenters. The van der Waals surface area contributed by atoms with Gasteiger partial charge in [0.2, 0.25) is 0 Å². The number of aliphatic hydroxyl groups excluding tert-OH is 1. The molecule has 0 spiro atoms. The van der Waals surface area contributed by atoms with Crippen LogP contribution in [0.2, 0.25) is 0 Å². The van der Waals surface area contributed by atoms with E-state index in [1.807, 2.05) is 25.1 Å². The second-order valence-corrected chi connectivity index (χ2v) is 9.53. The zero-order valence-corrected chi connectivity index (χ0v) is 17.9. The molecular weight excluding hydrogens is 420 g/mol. The maximum atomic E-state index is 12.3. The molecule has 0 aliphatic carbocycles. The number of benzene rings is 1. The number of aromatic nitrogens is 5. The largest absolute Gasteiger partial charge is 0.392 e. The second-order valence-electron chi connectivity index (χ2n) is 7.72. The molecule has 31 heavy (non-hydrogen) atoms. The summed E-state index contributed by atoms with van der Waals surface area (Å²) in [4.78, 5) is 14.7. The van der Waals surface area contributed by atoms with Crippen LogP contribution in [0.5, 0.6) is 0 Å². The van der Waals surface area contributed by atoms with Gasteiger partial charge in [-0.2, -0.15) is 5.10 Å². The van der Waals surface area contributed by atoms with Crippen LogP contribution < -0.4 is 4.90 Å². The SMILES string of the molecule is C[C@@H]1COCCN1c1nc(-c2cc(CO)cc3[nH]ccc23)nc2c1cnn2S(C)(=O)=O. The number of hydrogen-bond acceptors (Lipinski definition) is 8. The lowest BCUT2D eigenvalue weighted by Crippen LogP contribution is -2.44. The summed E-state index contributed by atoms with van der Waals surface area (Å²) in [6, 6.07) is 5.65. The number of aliphatic hydroxyl groups is 1. The van der Waals surface area contributed by atoms with Gasteiger partial charge in [0.05, 0.1) is 43.7 Å². The number of aromatic amines is 1. The monoisotopic (exact) mass is 442 g/mol. The highest BCUT2D eigenvalue weighted by molar-refractivity contribution is 7.89. The van der Waals surface area contributed by atoms with Crippen LogP contribution in [0.25, 0.3) is 33.3 Å². The highest BCUT2D eigenvalue weighted by Crippen LogP contribution is 2.33. The Hall–Kier alpha value is -3.02.